The number of carbonyl (C=O) groups excluding carboxylic acids is 1. The second kappa shape index (κ2) is 22.7. The smallest absolute Gasteiger partial charge is 0.220 e. The van der Waals surface area contributed by atoms with Crippen LogP contribution in [0, 0.1) is 0 Å². The summed E-state index contributed by atoms with van der Waals surface area (Å²) in [4.78, 5) is 19.2. The van der Waals surface area contributed by atoms with Crippen LogP contribution < -0.4 is 5.32 Å². The summed E-state index contributed by atoms with van der Waals surface area (Å²) >= 11 is 0. The highest BCUT2D eigenvalue weighted by Crippen LogP contribution is 2.14. The second-order valence-electron chi connectivity index (χ2n) is 10.1. The molecule has 0 atom stereocenters. The third kappa shape index (κ3) is 18.0. The van der Waals surface area contributed by atoms with Crippen molar-refractivity contribution in [3.05, 3.63) is 0 Å². The van der Waals surface area contributed by atoms with Gasteiger partial charge in [-0.3, -0.25) is 9.79 Å². The summed E-state index contributed by atoms with van der Waals surface area (Å²) in [6.07, 6.45) is 27.3. The molecule has 0 unspecified atom stereocenters. The number of amidine groups is 1. The van der Waals surface area contributed by atoms with Gasteiger partial charge in [0.15, 0.2) is 0 Å². The Labute approximate surface area is 206 Å². The van der Waals surface area contributed by atoms with Crippen LogP contribution in [0.4, 0.5) is 0 Å². The quantitative estimate of drug-likeness (QED) is 0.147. The number of carbonyl (C=O) groups is 1. The maximum Gasteiger partial charge on any atom is 0.220 e. The lowest BCUT2D eigenvalue weighted by Gasteiger charge is -2.20. The van der Waals surface area contributed by atoms with E-state index in [0.717, 1.165) is 39.0 Å². The molecule has 1 aliphatic heterocycles. The molecule has 4 nitrogen and oxygen atoms in total. The van der Waals surface area contributed by atoms with Crippen LogP contribution in [0.5, 0.6) is 0 Å². The van der Waals surface area contributed by atoms with Crippen molar-refractivity contribution in [1.82, 2.24) is 10.2 Å². The first-order valence-corrected chi connectivity index (χ1v) is 14.8. The molecule has 0 aromatic rings. The number of aliphatic imine (C=N–C) groups is 1. The van der Waals surface area contributed by atoms with Crippen LogP contribution in [-0.4, -0.2) is 42.8 Å². The highest BCUT2D eigenvalue weighted by molar-refractivity contribution is 5.83. The van der Waals surface area contributed by atoms with Gasteiger partial charge < -0.3 is 10.2 Å². The highest BCUT2D eigenvalue weighted by atomic mass is 16.1. The van der Waals surface area contributed by atoms with E-state index in [4.69, 9.17) is 4.99 Å². The summed E-state index contributed by atoms with van der Waals surface area (Å²) in [5.41, 5.74) is 0. The van der Waals surface area contributed by atoms with E-state index in [2.05, 4.69) is 24.1 Å². The number of hydrogen-bond acceptors (Lipinski definition) is 3. The zero-order valence-corrected chi connectivity index (χ0v) is 22.5. The molecule has 0 radical (unpaired) electrons. The van der Waals surface area contributed by atoms with E-state index in [1.807, 2.05) is 0 Å². The number of unbranched alkanes of at least 4 members (excludes halogenated alkanes) is 17. The fourth-order valence-corrected chi connectivity index (χ4v) is 4.79. The van der Waals surface area contributed by atoms with Crippen molar-refractivity contribution in [3.63, 3.8) is 0 Å². The van der Waals surface area contributed by atoms with E-state index in [-0.39, 0.29) is 5.91 Å². The molecule has 1 rings (SSSR count). The van der Waals surface area contributed by atoms with Crippen LogP contribution in [-0.2, 0) is 4.79 Å². The number of rotatable bonds is 24. The fraction of sp³-hybridized carbons (Fsp3) is 0.931. The Morgan fingerprint density at radius 3 is 1.76 bits per heavy atom. The minimum atomic E-state index is 0.227. The topological polar surface area (TPSA) is 44.7 Å². The van der Waals surface area contributed by atoms with Crippen molar-refractivity contribution >= 4 is 11.7 Å². The van der Waals surface area contributed by atoms with Gasteiger partial charge in [-0.25, -0.2) is 0 Å². The summed E-state index contributed by atoms with van der Waals surface area (Å²) in [6, 6.07) is 0. The van der Waals surface area contributed by atoms with Crippen molar-refractivity contribution < 1.29 is 4.79 Å². The molecule has 0 aliphatic carbocycles. The zero-order valence-electron chi connectivity index (χ0n) is 22.5. The maximum absolute atomic E-state index is 12.1. The maximum atomic E-state index is 12.1. The Kier molecular flexibility index (Phi) is 20.6. The standard InChI is InChI=1S/C29H57N3O/c1-3-5-7-9-11-13-15-16-18-20-22-28-30-24-26-32(28)27-25-31-29(33)23-21-19-17-14-12-10-8-6-4-2/h3-27H2,1-2H3,(H,31,33). The first-order valence-electron chi connectivity index (χ1n) is 14.8. The Morgan fingerprint density at radius 1 is 0.727 bits per heavy atom. The normalized spacial score (nSPS) is 13.5. The fourth-order valence-electron chi connectivity index (χ4n) is 4.79. The van der Waals surface area contributed by atoms with Crippen molar-refractivity contribution in [2.75, 3.05) is 26.2 Å². The van der Waals surface area contributed by atoms with Crippen LogP contribution in [0.15, 0.2) is 4.99 Å². The van der Waals surface area contributed by atoms with Gasteiger partial charge in [-0.05, 0) is 12.8 Å². The Morgan fingerprint density at radius 2 is 1.21 bits per heavy atom. The second-order valence-corrected chi connectivity index (χ2v) is 10.1. The van der Waals surface area contributed by atoms with E-state index in [9.17, 15) is 4.79 Å². The molecule has 1 amide bonds. The number of hydrogen-bond donors (Lipinski definition) is 1. The predicted molar refractivity (Wildman–Crippen MR) is 145 cm³/mol. The Bertz CT molecular complexity index is 477. The number of nitrogens with zero attached hydrogens (tertiary/aromatic N) is 2. The van der Waals surface area contributed by atoms with Gasteiger partial charge in [0.25, 0.3) is 0 Å². The molecule has 0 saturated heterocycles. The molecule has 0 fully saturated rings. The predicted octanol–water partition coefficient (Wildman–Crippen LogP) is 8.05. The average Bonchev–Trinajstić information content (AvgIpc) is 3.26. The van der Waals surface area contributed by atoms with E-state index in [1.165, 1.54) is 121 Å². The van der Waals surface area contributed by atoms with Gasteiger partial charge in [-0.15, -0.1) is 0 Å². The van der Waals surface area contributed by atoms with Gasteiger partial charge in [0, 0.05) is 32.5 Å². The largest absolute Gasteiger partial charge is 0.357 e. The summed E-state index contributed by atoms with van der Waals surface area (Å²) in [5.74, 6) is 1.51. The van der Waals surface area contributed by atoms with Crippen molar-refractivity contribution in [1.29, 1.82) is 0 Å². The summed E-state index contributed by atoms with van der Waals surface area (Å²) < 4.78 is 0. The first-order chi connectivity index (χ1) is 16.3. The molecule has 194 valence electrons. The van der Waals surface area contributed by atoms with Gasteiger partial charge in [0.1, 0.15) is 0 Å². The molecule has 0 aromatic carbocycles. The average molecular weight is 464 g/mol. The lowest BCUT2D eigenvalue weighted by atomic mass is 10.1. The molecular formula is C29H57N3O. The van der Waals surface area contributed by atoms with Crippen molar-refractivity contribution in [3.8, 4) is 0 Å². The third-order valence-corrected chi connectivity index (χ3v) is 6.99. The van der Waals surface area contributed by atoms with E-state index >= 15 is 0 Å². The van der Waals surface area contributed by atoms with Gasteiger partial charge >= 0.3 is 0 Å². The molecule has 1 aliphatic rings. The van der Waals surface area contributed by atoms with E-state index in [0.29, 0.717) is 6.42 Å². The molecule has 0 saturated carbocycles. The molecule has 1 N–H and O–H groups in total. The Balaban J connectivity index is 1.93. The minimum Gasteiger partial charge on any atom is -0.357 e. The molecular weight excluding hydrogens is 406 g/mol. The van der Waals surface area contributed by atoms with Crippen LogP contribution >= 0.6 is 0 Å². The summed E-state index contributed by atoms with van der Waals surface area (Å²) in [6.45, 7) is 8.18. The number of nitrogens with one attached hydrogen (secondary N) is 1. The molecule has 0 bridgehead atoms. The molecule has 4 heteroatoms. The van der Waals surface area contributed by atoms with Gasteiger partial charge in [0.05, 0.1) is 12.4 Å². The molecule has 1 heterocycles. The zero-order chi connectivity index (χ0) is 23.8. The van der Waals surface area contributed by atoms with Crippen LogP contribution in [0.1, 0.15) is 149 Å². The van der Waals surface area contributed by atoms with Gasteiger partial charge in [0.2, 0.25) is 5.91 Å². The molecule has 0 aromatic heterocycles. The summed E-state index contributed by atoms with van der Waals surface area (Å²) in [5, 5.41) is 3.13. The third-order valence-electron chi connectivity index (χ3n) is 6.99. The lowest BCUT2D eigenvalue weighted by Crippen LogP contribution is -2.36. The van der Waals surface area contributed by atoms with E-state index < -0.39 is 0 Å². The summed E-state index contributed by atoms with van der Waals surface area (Å²) in [7, 11) is 0. The molecule has 0 spiro atoms. The number of amides is 1. The minimum absolute atomic E-state index is 0.227. The van der Waals surface area contributed by atoms with Gasteiger partial charge in [-0.2, -0.15) is 0 Å². The van der Waals surface area contributed by atoms with Gasteiger partial charge in [-0.1, -0.05) is 123 Å². The van der Waals surface area contributed by atoms with Crippen LogP contribution in [0.25, 0.3) is 0 Å². The first kappa shape index (κ1) is 30.0. The van der Waals surface area contributed by atoms with Crippen LogP contribution in [0.2, 0.25) is 0 Å². The molecule has 33 heavy (non-hydrogen) atoms. The van der Waals surface area contributed by atoms with Crippen molar-refractivity contribution in [2.24, 2.45) is 4.99 Å². The SMILES string of the molecule is CCCCCCCCCCCCC1=NCCN1CCNC(=O)CCCCCCCCCCC. The highest BCUT2D eigenvalue weighted by Gasteiger charge is 2.16. The van der Waals surface area contributed by atoms with E-state index in [1.54, 1.807) is 0 Å². The van der Waals surface area contributed by atoms with Crippen molar-refractivity contribution in [2.45, 2.75) is 149 Å². The monoisotopic (exact) mass is 463 g/mol. The van der Waals surface area contributed by atoms with Crippen LogP contribution in [0.3, 0.4) is 0 Å². The Hall–Kier alpha value is -1.06. The lowest BCUT2D eigenvalue weighted by molar-refractivity contribution is -0.121.